The zero-order chi connectivity index (χ0) is 16.4. The van der Waals surface area contributed by atoms with Crippen LogP contribution in [0.15, 0.2) is 12.3 Å². The summed E-state index contributed by atoms with van der Waals surface area (Å²) < 4.78 is 4.71. The topological polar surface area (TPSA) is 71.5 Å². The van der Waals surface area contributed by atoms with Gasteiger partial charge in [-0.05, 0) is 13.0 Å². The van der Waals surface area contributed by atoms with Crippen LogP contribution in [0.5, 0.6) is 0 Å². The van der Waals surface area contributed by atoms with Gasteiger partial charge in [0.05, 0.1) is 7.11 Å². The number of methoxy groups -OCH3 is 1. The number of piperazine rings is 1. The molecule has 1 aliphatic heterocycles. The van der Waals surface area contributed by atoms with Gasteiger partial charge in [-0.15, -0.1) is 0 Å². The molecule has 1 fully saturated rings. The van der Waals surface area contributed by atoms with Gasteiger partial charge in [0, 0.05) is 32.4 Å². The van der Waals surface area contributed by atoms with Crippen molar-refractivity contribution in [2.45, 2.75) is 6.92 Å². The van der Waals surface area contributed by atoms with Crippen LogP contribution in [0, 0.1) is 6.92 Å². The molecule has 0 bridgehead atoms. The second-order valence-electron chi connectivity index (χ2n) is 5.04. The van der Waals surface area contributed by atoms with Crippen molar-refractivity contribution in [1.29, 1.82) is 0 Å². The van der Waals surface area contributed by atoms with Gasteiger partial charge in [-0.3, -0.25) is 0 Å². The highest BCUT2D eigenvalue weighted by atomic mass is 35.5. The van der Waals surface area contributed by atoms with Crippen molar-refractivity contribution in [1.82, 2.24) is 15.0 Å². The molecule has 0 aliphatic carbocycles. The van der Waals surface area contributed by atoms with E-state index >= 15 is 0 Å². The van der Waals surface area contributed by atoms with Crippen molar-refractivity contribution in [2.24, 2.45) is 0 Å². The molecule has 1 aliphatic rings. The minimum Gasteiger partial charge on any atom is -0.465 e. The first-order valence-corrected chi connectivity index (χ1v) is 8.32. The molecule has 0 atom stereocenters. The number of aryl methyl sites for hydroxylation is 1. The number of carbonyl (C=O) groups excluding carboxylic acids is 1. The number of aromatic nitrogens is 3. The number of anilines is 2. The molecule has 1 saturated heterocycles. The van der Waals surface area contributed by atoms with E-state index in [1.807, 2.05) is 13.0 Å². The van der Waals surface area contributed by atoms with Crippen LogP contribution in [0.4, 0.5) is 10.9 Å². The Hall–Kier alpha value is -1.93. The van der Waals surface area contributed by atoms with Crippen molar-refractivity contribution in [2.75, 3.05) is 43.1 Å². The average Bonchev–Trinajstić information content (AvgIpc) is 2.96. The zero-order valence-corrected chi connectivity index (χ0v) is 14.4. The first-order chi connectivity index (χ1) is 11.1. The zero-order valence-electron chi connectivity index (χ0n) is 12.8. The van der Waals surface area contributed by atoms with E-state index in [1.165, 1.54) is 18.4 Å². The maximum Gasteiger partial charge on any atom is 0.351 e. The van der Waals surface area contributed by atoms with Crippen LogP contribution < -0.4 is 9.80 Å². The molecule has 0 radical (unpaired) electrons. The number of hydrogen-bond donors (Lipinski definition) is 0. The summed E-state index contributed by atoms with van der Waals surface area (Å²) in [6.45, 7) is 5.09. The van der Waals surface area contributed by atoms with Crippen LogP contribution in [-0.2, 0) is 4.74 Å². The van der Waals surface area contributed by atoms with Crippen LogP contribution >= 0.6 is 22.9 Å². The highest BCUT2D eigenvalue weighted by Crippen LogP contribution is 2.31. The van der Waals surface area contributed by atoms with E-state index in [2.05, 4.69) is 24.8 Å². The number of rotatable bonds is 3. The minimum atomic E-state index is -0.450. The maximum atomic E-state index is 11.6. The second kappa shape index (κ2) is 6.67. The lowest BCUT2D eigenvalue weighted by atomic mass is 10.3. The Kier molecular flexibility index (Phi) is 4.63. The Morgan fingerprint density at radius 2 is 1.96 bits per heavy atom. The van der Waals surface area contributed by atoms with Gasteiger partial charge in [0.25, 0.3) is 0 Å². The van der Waals surface area contributed by atoms with E-state index < -0.39 is 5.97 Å². The van der Waals surface area contributed by atoms with Crippen LogP contribution in [-0.4, -0.2) is 54.2 Å². The van der Waals surface area contributed by atoms with Crippen LogP contribution in [0.1, 0.15) is 15.5 Å². The lowest BCUT2D eigenvalue weighted by Gasteiger charge is -2.35. The Bertz CT molecular complexity index is 715. The molecule has 23 heavy (non-hydrogen) atoms. The highest BCUT2D eigenvalue weighted by molar-refractivity contribution is 7.18. The quantitative estimate of drug-likeness (QED) is 0.781. The lowest BCUT2D eigenvalue weighted by molar-refractivity contribution is 0.0606. The summed E-state index contributed by atoms with van der Waals surface area (Å²) in [7, 11) is 1.33. The molecule has 122 valence electrons. The van der Waals surface area contributed by atoms with Gasteiger partial charge < -0.3 is 14.5 Å². The van der Waals surface area contributed by atoms with Crippen molar-refractivity contribution in [3.8, 4) is 0 Å². The fourth-order valence-electron chi connectivity index (χ4n) is 2.39. The summed E-state index contributed by atoms with van der Waals surface area (Å²) in [5.74, 6) is 1.25. The van der Waals surface area contributed by atoms with E-state index in [0.29, 0.717) is 4.88 Å². The van der Waals surface area contributed by atoms with E-state index in [0.717, 1.165) is 43.0 Å². The summed E-state index contributed by atoms with van der Waals surface area (Å²) in [5.41, 5.74) is 0. The van der Waals surface area contributed by atoms with Gasteiger partial charge >= 0.3 is 5.97 Å². The molecular weight excluding hydrogens is 338 g/mol. The average molecular weight is 354 g/mol. The molecule has 0 amide bonds. The third-order valence-corrected chi connectivity index (χ3v) is 5.06. The molecular formula is C14H16ClN5O2S. The molecule has 9 heteroatoms. The van der Waals surface area contributed by atoms with E-state index in [4.69, 9.17) is 16.3 Å². The molecule has 0 saturated carbocycles. The van der Waals surface area contributed by atoms with Crippen molar-refractivity contribution in [3.63, 3.8) is 0 Å². The predicted octanol–water partition coefficient (Wildman–Crippen LogP) is 2.01. The molecule has 7 nitrogen and oxygen atoms in total. The van der Waals surface area contributed by atoms with Crippen molar-refractivity contribution < 1.29 is 9.53 Å². The molecule has 3 rings (SSSR count). The highest BCUT2D eigenvalue weighted by Gasteiger charge is 2.24. The van der Waals surface area contributed by atoms with Gasteiger partial charge in [-0.2, -0.15) is 0 Å². The molecule has 2 aromatic heterocycles. The Labute approximate surface area is 142 Å². The molecule has 3 heterocycles. The SMILES string of the molecule is COC(=O)c1sc(N2CCN(c3ccnc(C)n3)CC2)nc1Cl. The summed E-state index contributed by atoms with van der Waals surface area (Å²) in [6.07, 6.45) is 1.77. The second-order valence-corrected chi connectivity index (χ2v) is 6.38. The van der Waals surface area contributed by atoms with Gasteiger partial charge in [-0.1, -0.05) is 22.9 Å². The van der Waals surface area contributed by atoms with E-state index in [9.17, 15) is 4.79 Å². The smallest absolute Gasteiger partial charge is 0.351 e. The van der Waals surface area contributed by atoms with E-state index in [-0.39, 0.29) is 5.15 Å². The van der Waals surface area contributed by atoms with Gasteiger partial charge in [0.15, 0.2) is 15.2 Å². The van der Waals surface area contributed by atoms with Gasteiger partial charge in [-0.25, -0.2) is 19.7 Å². The monoisotopic (exact) mass is 353 g/mol. The molecule has 0 spiro atoms. The lowest BCUT2D eigenvalue weighted by Crippen LogP contribution is -2.46. The van der Waals surface area contributed by atoms with Crippen LogP contribution in [0.2, 0.25) is 5.15 Å². The summed E-state index contributed by atoms with van der Waals surface area (Å²) in [5, 5.41) is 0.944. The third-order valence-electron chi connectivity index (χ3n) is 3.58. The maximum absolute atomic E-state index is 11.6. The van der Waals surface area contributed by atoms with Gasteiger partial charge in [0.1, 0.15) is 11.6 Å². The van der Waals surface area contributed by atoms with Crippen LogP contribution in [0.25, 0.3) is 0 Å². The van der Waals surface area contributed by atoms with E-state index in [1.54, 1.807) is 6.20 Å². The number of nitrogens with zero attached hydrogens (tertiary/aromatic N) is 5. The number of ether oxygens (including phenoxy) is 1. The fraction of sp³-hybridized carbons (Fsp3) is 0.429. The fourth-order valence-corrected chi connectivity index (χ4v) is 3.64. The third kappa shape index (κ3) is 3.37. The summed E-state index contributed by atoms with van der Waals surface area (Å²) in [6, 6.07) is 1.91. The summed E-state index contributed by atoms with van der Waals surface area (Å²) >= 11 is 7.29. The number of hydrogen-bond acceptors (Lipinski definition) is 8. The number of thiazole rings is 1. The minimum absolute atomic E-state index is 0.200. The molecule has 0 unspecified atom stereocenters. The summed E-state index contributed by atoms with van der Waals surface area (Å²) in [4.78, 5) is 29.1. The normalized spacial score (nSPS) is 14.9. The number of esters is 1. The molecule has 2 aromatic rings. The first-order valence-electron chi connectivity index (χ1n) is 7.12. The molecule has 0 N–H and O–H groups in total. The Morgan fingerprint density at radius 3 is 2.61 bits per heavy atom. The van der Waals surface area contributed by atoms with Gasteiger partial charge in [0.2, 0.25) is 0 Å². The largest absolute Gasteiger partial charge is 0.465 e. The van der Waals surface area contributed by atoms with Crippen LogP contribution in [0.3, 0.4) is 0 Å². The van der Waals surface area contributed by atoms with Crippen molar-refractivity contribution in [3.05, 3.63) is 28.1 Å². The standard InChI is InChI=1S/C14H16ClN5O2S/c1-9-16-4-3-10(17-9)19-5-7-20(8-6-19)14-18-12(15)11(23-14)13(21)22-2/h3-4H,5-8H2,1-2H3. The number of carbonyl (C=O) groups is 1. The predicted molar refractivity (Wildman–Crippen MR) is 89.7 cm³/mol. The number of halogens is 1. The molecule has 0 aromatic carbocycles. The van der Waals surface area contributed by atoms with Crippen molar-refractivity contribution >= 4 is 39.9 Å². The first kappa shape index (κ1) is 15.9. The Morgan fingerprint density at radius 1 is 1.26 bits per heavy atom. The Balaban J connectivity index is 1.68.